The van der Waals surface area contributed by atoms with Crippen LogP contribution in [0.15, 0.2) is 48.7 Å². The van der Waals surface area contributed by atoms with Gasteiger partial charge in [0.25, 0.3) is 5.91 Å². The Morgan fingerprint density at radius 3 is 2.71 bits per heavy atom. The van der Waals surface area contributed by atoms with E-state index in [2.05, 4.69) is 25.7 Å². The van der Waals surface area contributed by atoms with Crippen molar-refractivity contribution in [1.29, 1.82) is 0 Å². The van der Waals surface area contributed by atoms with E-state index in [1.165, 1.54) is 0 Å². The van der Waals surface area contributed by atoms with Crippen LogP contribution < -0.4 is 5.32 Å². The molecule has 0 fully saturated rings. The van der Waals surface area contributed by atoms with E-state index in [0.29, 0.717) is 11.4 Å². The highest BCUT2D eigenvalue weighted by Crippen LogP contribution is 2.22. The number of hydrogen-bond acceptors (Lipinski definition) is 3. The standard InChI is InChI=1S/C15H11N5O/c21-15(14-9-4-1-2-5-12(9)19-20-14)17-11-6-3-7-13-10(11)8-16-18-13/h1-8H,(H,16,18)(H,17,21)(H,19,20). The number of nitrogens with one attached hydrogen (secondary N) is 3. The predicted octanol–water partition coefficient (Wildman–Crippen LogP) is 2.69. The molecule has 2 aromatic heterocycles. The zero-order valence-electron chi connectivity index (χ0n) is 10.9. The summed E-state index contributed by atoms with van der Waals surface area (Å²) in [5.41, 5.74) is 2.80. The molecule has 0 aliphatic carbocycles. The van der Waals surface area contributed by atoms with Crippen molar-refractivity contribution >= 4 is 33.4 Å². The Kier molecular flexibility index (Phi) is 2.47. The molecular weight excluding hydrogens is 266 g/mol. The number of rotatable bonds is 2. The predicted molar refractivity (Wildman–Crippen MR) is 80.1 cm³/mol. The second-order valence-electron chi connectivity index (χ2n) is 4.71. The van der Waals surface area contributed by atoms with Gasteiger partial charge < -0.3 is 5.32 Å². The van der Waals surface area contributed by atoms with Gasteiger partial charge >= 0.3 is 0 Å². The van der Waals surface area contributed by atoms with Crippen molar-refractivity contribution in [2.75, 3.05) is 5.32 Å². The van der Waals surface area contributed by atoms with Crippen LogP contribution >= 0.6 is 0 Å². The summed E-state index contributed by atoms with van der Waals surface area (Å²) >= 11 is 0. The van der Waals surface area contributed by atoms with Crippen molar-refractivity contribution in [3.05, 3.63) is 54.4 Å². The molecule has 0 saturated heterocycles. The van der Waals surface area contributed by atoms with Crippen LogP contribution in [-0.2, 0) is 0 Å². The lowest BCUT2D eigenvalue weighted by Gasteiger charge is -2.04. The van der Waals surface area contributed by atoms with Crippen molar-refractivity contribution in [1.82, 2.24) is 20.4 Å². The summed E-state index contributed by atoms with van der Waals surface area (Å²) in [7, 11) is 0. The van der Waals surface area contributed by atoms with Crippen LogP contribution in [0.4, 0.5) is 5.69 Å². The van der Waals surface area contributed by atoms with Gasteiger partial charge in [0.2, 0.25) is 0 Å². The number of carbonyl (C=O) groups excluding carboxylic acids is 1. The minimum atomic E-state index is -0.249. The van der Waals surface area contributed by atoms with Crippen LogP contribution in [0.2, 0.25) is 0 Å². The molecule has 102 valence electrons. The number of para-hydroxylation sites is 1. The molecular formula is C15H11N5O. The average Bonchev–Trinajstić information content (AvgIpc) is 3.14. The van der Waals surface area contributed by atoms with Crippen LogP contribution in [0.25, 0.3) is 21.8 Å². The Morgan fingerprint density at radius 2 is 1.76 bits per heavy atom. The van der Waals surface area contributed by atoms with Crippen molar-refractivity contribution < 1.29 is 4.79 Å². The lowest BCUT2D eigenvalue weighted by Crippen LogP contribution is -2.12. The fourth-order valence-electron chi connectivity index (χ4n) is 2.40. The van der Waals surface area contributed by atoms with E-state index >= 15 is 0 Å². The molecule has 0 bridgehead atoms. The van der Waals surface area contributed by atoms with Gasteiger partial charge in [-0.2, -0.15) is 10.2 Å². The van der Waals surface area contributed by atoms with E-state index in [-0.39, 0.29) is 5.91 Å². The molecule has 1 amide bonds. The maximum Gasteiger partial charge on any atom is 0.276 e. The summed E-state index contributed by atoms with van der Waals surface area (Å²) in [6.45, 7) is 0. The molecule has 6 nitrogen and oxygen atoms in total. The van der Waals surface area contributed by atoms with Gasteiger partial charge in [0.1, 0.15) is 0 Å². The van der Waals surface area contributed by atoms with Gasteiger partial charge in [-0.05, 0) is 18.2 Å². The van der Waals surface area contributed by atoms with E-state index in [9.17, 15) is 4.79 Å². The van der Waals surface area contributed by atoms with Gasteiger partial charge in [-0.15, -0.1) is 0 Å². The molecule has 2 aromatic carbocycles. The van der Waals surface area contributed by atoms with E-state index in [4.69, 9.17) is 0 Å². The normalized spacial score (nSPS) is 11.0. The minimum absolute atomic E-state index is 0.249. The summed E-state index contributed by atoms with van der Waals surface area (Å²) in [4.78, 5) is 12.4. The zero-order chi connectivity index (χ0) is 14.2. The monoisotopic (exact) mass is 277 g/mol. The Hall–Kier alpha value is -3.15. The Bertz CT molecular complexity index is 953. The first-order chi connectivity index (χ1) is 10.3. The van der Waals surface area contributed by atoms with E-state index in [1.807, 2.05) is 42.5 Å². The molecule has 6 heteroatoms. The molecule has 0 unspecified atom stereocenters. The molecule has 0 spiro atoms. The van der Waals surface area contributed by atoms with Gasteiger partial charge in [0.15, 0.2) is 5.69 Å². The number of carbonyl (C=O) groups is 1. The fraction of sp³-hybridized carbons (Fsp3) is 0. The third kappa shape index (κ3) is 1.85. The summed E-state index contributed by atoms with van der Waals surface area (Å²) in [6.07, 6.45) is 1.69. The van der Waals surface area contributed by atoms with E-state index in [0.717, 1.165) is 21.8 Å². The van der Waals surface area contributed by atoms with Gasteiger partial charge in [0, 0.05) is 10.8 Å². The Balaban J connectivity index is 1.74. The number of hydrogen-bond donors (Lipinski definition) is 3. The number of amides is 1. The summed E-state index contributed by atoms with van der Waals surface area (Å²) in [5, 5.41) is 18.4. The molecule has 0 aliphatic heterocycles. The average molecular weight is 277 g/mol. The van der Waals surface area contributed by atoms with E-state index in [1.54, 1.807) is 6.20 Å². The van der Waals surface area contributed by atoms with Gasteiger partial charge in [-0.1, -0.05) is 24.3 Å². The maximum atomic E-state index is 12.4. The van der Waals surface area contributed by atoms with Crippen molar-refractivity contribution in [2.24, 2.45) is 0 Å². The van der Waals surface area contributed by atoms with Gasteiger partial charge in [-0.3, -0.25) is 15.0 Å². The molecule has 0 radical (unpaired) electrons. The molecule has 4 rings (SSSR count). The lowest BCUT2D eigenvalue weighted by molar-refractivity contribution is 0.102. The van der Waals surface area contributed by atoms with Crippen LogP contribution in [-0.4, -0.2) is 26.3 Å². The summed E-state index contributed by atoms with van der Waals surface area (Å²) in [5.74, 6) is -0.249. The SMILES string of the molecule is O=C(Nc1cccc2[nH]ncc12)c1n[nH]c2ccccc12. The molecule has 3 N–H and O–H groups in total. The molecule has 4 aromatic rings. The quantitative estimate of drug-likeness (QED) is 0.526. The minimum Gasteiger partial charge on any atom is -0.320 e. The first kappa shape index (κ1) is 11.7. The largest absolute Gasteiger partial charge is 0.320 e. The maximum absolute atomic E-state index is 12.4. The van der Waals surface area contributed by atoms with Crippen LogP contribution in [0.5, 0.6) is 0 Å². The number of fused-ring (bicyclic) bond motifs is 2. The Morgan fingerprint density at radius 1 is 0.952 bits per heavy atom. The number of H-pyrrole nitrogens is 2. The number of benzene rings is 2. The van der Waals surface area contributed by atoms with Crippen LogP contribution in [0.3, 0.4) is 0 Å². The smallest absolute Gasteiger partial charge is 0.276 e. The third-order valence-corrected chi connectivity index (χ3v) is 3.42. The Labute approximate surface area is 119 Å². The zero-order valence-corrected chi connectivity index (χ0v) is 10.9. The topological polar surface area (TPSA) is 86.5 Å². The first-order valence-corrected chi connectivity index (χ1v) is 6.49. The highest BCUT2D eigenvalue weighted by atomic mass is 16.1. The van der Waals surface area contributed by atoms with Crippen molar-refractivity contribution in [3.63, 3.8) is 0 Å². The number of aromatic nitrogens is 4. The second-order valence-corrected chi connectivity index (χ2v) is 4.71. The summed E-state index contributed by atoms with van der Waals surface area (Å²) < 4.78 is 0. The van der Waals surface area contributed by atoms with Gasteiger partial charge in [-0.25, -0.2) is 0 Å². The van der Waals surface area contributed by atoms with Crippen LogP contribution in [0, 0.1) is 0 Å². The third-order valence-electron chi connectivity index (χ3n) is 3.42. The van der Waals surface area contributed by atoms with Crippen molar-refractivity contribution in [2.45, 2.75) is 0 Å². The first-order valence-electron chi connectivity index (χ1n) is 6.49. The van der Waals surface area contributed by atoms with Crippen LogP contribution in [0.1, 0.15) is 10.5 Å². The number of anilines is 1. The highest BCUT2D eigenvalue weighted by molar-refractivity contribution is 6.13. The molecule has 2 heterocycles. The summed E-state index contributed by atoms with van der Waals surface area (Å²) in [6, 6.07) is 13.1. The molecule has 0 atom stereocenters. The number of aromatic amines is 2. The molecule has 21 heavy (non-hydrogen) atoms. The lowest BCUT2D eigenvalue weighted by atomic mass is 10.2. The number of nitrogens with zero attached hydrogens (tertiary/aromatic N) is 2. The fourth-order valence-corrected chi connectivity index (χ4v) is 2.40. The highest BCUT2D eigenvalue weighted by Gasteiger charge is 2.15. The van der Waals surface area contributed by atoms with E-state index < -0.39 is 0 Å². The van der Waals surface area contributed by atoms with Crippen molar-refractivity contribution in [3.8, 4) is 0 Å². The second kappa shape index (κ2) is 4.45. The molecule has 0 aliphatic rings. The molecule has 0 saturated carbocycles. The van der Waals surface area contributed by atoms with Gasteiger partial charge in [0.05, 0.1) is 22.9 Å².